The van der Waals surface area contributed by atoms with Gasteiger partial charge in [0.2, 0.25) is 11.8 Å². The maximum atomic E-state index is 13.0. The molecule has 2 amide bonds. The van der Waals surface area contributed by atoms with Crippen molar-refractivity contribution in [1.82, 2.24) is 4.90 Å². The molecule has 0 spiro atoms. The monoisotopic (exact) mass is 300 g/mol. The number of rotatable bonds is 7. The maximum absolute atomic E-state index is 13.0. The van der Waals surface area contributed by atoms with Crippen molar-refractivity contribution in [2.45, 2.75) is 13.3 Å². The average Bonchev–Trinajstić information content (AvgIpc) is 2.42. The molecule has 116 valence electrons. The highest BCUT2D eigenvalue weighted by molar-refractivity contribution is 5.91. The lowest BCUT2D eigenvalue weighted by Crippen LogP contribution is -2.34. The summed E-state index contributed by atoms with van der Waals surface area (Å²) < 4.78 is 30.6. The van der Waals surface area contributed by atoms with E-state index in [9.17, 15) is 18.4 Å². The number of amides is 2. The van der Waals surface area contributed by atoms with Crippen molar-refractivity contribution in [3.05, 3.63) is 29.8 Å². The molecule has 7 heteroatoms. The number of carbonyl (C=O) groups is 2. The molecule has 0 saturated carbocycles. The van der Waals surface area contributed by atoms with E-state index in [2.05, 4.69) is 5.32 Å². The summed E-state index contributed by atoms with van der Waals surface area (Å²) in [4.78, 5) is 24.5. The molecule has 0 atom stereocenters. The minimum atomic E-state index is -1.03. The number of anilines is 1. The first-order chi connectivity index (χ1) is 9.93. The third-order valence-electron chi connectivity index (χ3n) is 2.82. The highest BCUT2D eigenvalue weighted by Gasteiger charge is 2.11. The fraction of sp³-hybridized carbons (Fsp3) is 0.429. The molecule has 0 aliphatic heterocycles. The van der Waals surface area contributed by atoms with Crippen LogP contribution >= 0.6 is 0 Å². The van der Waals surface area contributed by atoms with E-state index in [1.807, 2.05) is 0 Å². The van der Waals surface area contributed by atoms with Crippen LogP contribution in [-0.4, -0.2) is 43.5 Å². The van der Waals surface area contributed by atoms with Crippen LogP contribution < -0.4 is 5.32 Å². The Morgan fingerprint density at radius 2 is 1.95 bits per heavy atom. The fourth-order valence-corrected chi connectivity index (χ4v) is 1.66. The molecule has 1 aromatic carbocycles. The quantitative estimate of drug-likeness (QED) is 0.835. The number of benzene rings is 1. The number of hydrogen-bond donors (Lipinski definition) is 1. The molecular weight excluding hydrogens is 282 g/mol. The molecule has 1 aromatic rings. The predicted molar refractivity (Wildman–Crippen MR) is 73.7 cm³/mol. The van der Waals surface area contributed by atoms with Crippen LogP contribution in [-0.2, 0) is 14.3 Å². The highest BCUT2D eigenvalue weighted by Crippen LogP contribution is 2.13. The molecular formula is C14H18F2N2O3. The maximum Gasteiger partial charge on any atom is 0.226 e. The standard InChI is InChI=1S/C14H18F2N2O3/c1-10(19)18(7-8-21-2)6-5-14(20)17-11-3-4-12(15)13(16)9-11/h3-4,9H,5-8H2,1-2H3,(H,17,20). The Kier molecular flexibility index (Phi) is 6.74. The molecule has 0 fully saturated rings. The molecule has 0 aromatic heterocycles. The number of methoxy groups -OCH3 is 1. The summed E-state index contributed by atoms with van der Waals surface area (Å²) in [5, 5.41) is 2.45. The van der Waals surface area contributed by atoms with Gasteiger partial charge in [0.1, 0.15) is 0 Å². The van der Waals surface area contributed by atoms with Crippen molar-refractivity contribution < 1.29 is 23.1 Å². The Hall–Kier alpha value is -2.02. The molecule has 21 heavy (non-hydrogen) atoms. The molecule has 0 bridgehead atoms. The van der Waals surface area contributed by atoms with Crippen LogP contribution in [0.3, 0.4) is 0 Å². The molecule has 0 unspecified atom stereocenters. The molecule has 0 aliphatic carbocycles. The second-order valence-corrected chi connectivity index (χ2v) is 4.43. The zero-order valence-electron chi connectivity index (χ0n) is 12.0. The summed E-state index contributed by atoms with van der Waals surface area (Å²) in [5.74, 6) is -2.55. The van der Waals surface area contributed by atoms with Crippen LogP contribution in [0.2, 0.25) is 0 Å². The Bertz CT molecular complexity index is 509. The van der Waals surface area contributed by atoms with E-state index in [1.54, 1.807) is 0 Å². The summed E-state index contributed by atoms with van der Waals surface area (Å²) in [7, 11) is 1.52. The number of ether oxygens (including phenoxy) is 1. The molecule has 0 saturated heterocycles. The van der Waals surface area contributed by atoms with E-state index >= 15 is 0 Å². The Morgan fingerprint density at radius 1 is 1.24 bits per heavy atom. The number of nitrogens with zero attached hydrogens (tertiary/aromatic N) is 1. The summed E-state index contributed by atoms with van der Waals surface area (Å²) >= 11 is 0. The van der Waals surface area contributed by atoms with Gasteiger partial charge < -0.3 is 15.0 Å². The smallest absolute Gasteiger partial charge is 0.226 e. The van der Waals surface area contributed by atoms with Crippen molar-refractivity contribution in [3.63, 3.8) is 0 Å². The van der Waals surface area contributed by atoms with E-state index in [0.29, 0.717) is 13.2 Å². The molecule has 5 nitrogen and oxygen atoms in total. The number of hydrogen-bond acceptors (Lipinski definition) is 3. The topological polar surface area (TPSA) is 58.6 Å². The van der Waals surface area contributed by atoms with Crippen LogP contribution in [0.4, 0.5) is 14.5 Å². The van der Waals surface area contributed by atoms with Gasteiger partial charge in [-0.15, -0.1) is 0 Å². The van der Waals surface area contributed by atoms with Crippen LogP contribution in [0.5, 0.6) is 0 Å². The van der Waals surface area contributed by atoms with Crippen LogP contribution in [0.15, 0.2) is 18.2 Å². The Balaban J connectivity index is 2.48. The van der Waals surface area contributed by atoms with Crippen LogP contribution in [0.1, 0.15) is 13.3 Å². The minimum absolute atomic E-state index is 0.0578. The first-order valence-electron chi connectivity index (χ1n) is 6.43. The summed E-state index contributed by atoms with van der Waals surface area (Å²) in [5.41, 5.74) is 0.171. The highest BCUT2D eigenvalue weighted by atomic mass is 19.2. The number of nitrogens with one attached hydrogen (secondary N) is 1. The van der Waals surface area contributed by atoms with Crippen LogP contribution in [0, 0.1) is 11.6 Å². The van der Waals surface area contributed by atoms with E-state index in [-0.39, 0.29) is 30.5 Å². The first kappa shape index (κ1) is 17.0. The second kappa shape index (κ2) is 8.31. The number of halogens is 2. The van der Waals surface area contributed by atoms with Crippen molar-refractivity contribution in [3.8, 4) is 0 Å². The summed E-state index contributed by atoms with van der Waals surface area (Å²) in [6, 6.07) is 3.11. The third kappa shape index (κ3) is 5.86. The van der Waals surface area contributed by atoms with Gasteiger partial charge >= 0.3 is 0 Å². The van der Waals surface area contributed by atoms with E-state index < -0.39 is 11.6 Å². The molecule has 0 heterocycles. The van der Waals surface area contributed by atoms with Crippen molar-refractivity contribution in [2.24, 2.45) is 0 Å². The Labute approximate surface area is 121 Å². The fourth-order valence-electron chi connectivity index (χ4n) is 1.66. The van der Waals surface area contributed by atoms with Gasteiger partial charge in [-0.3, -0.25) is 9.59 Å². The van der Waals surface area contributed by atoms with Gasteiger partial charge in [-0.2, -0.15) is 0 Å². The molecule has 0 radical (unpaired) electrons. The Morgan fingerprint density at radius 3 is 2.52 bits per heavy atom. The van der Waals surface area contributed by atoms with Gasteiger partial charge in [-0.1, -0.05) is 0 Å². The molecule has 1 N–H and O–H groups in total. The van der Waals surface area contributed by atoms with Gasteiger partial charge in [0.25, 0.3) is 0 Å². The van der Waals surface area contributed by atoms with Gasteiger partial charge in [0.15, 0.2) is 11.6 Å². The SMILES string of the molecule is COCCN(CCC(=O)Nc1ccc(F)c(F)c1)C(C)=O. The zero-order valence-corrected chi connectivity index (χ0v) is 12.0. The van der Waals surface area contributed by atoms with E-state index in [4.69, 9.17) is 4.74 Å². The lowest BCUT2D eigenvalue weighted by atomic mass is 10.2. The predicted octanol–water partition coefficient (Wildman–Crippen LogP) is 1.79. The lowest BCUT2D eigenvalue weighted by Gasteiger charge is -2.20. The average molecular weight is 300 g/mol. The second-order valence-electron chi connectivity index (χ2n) is 4.43. The van der Waals surface area contributed by atoms with Crippen molar-refractivity contribution in [2.75, 3.05) is 32.1 Å². The summed E-state index contributed by atoms with van der Waals surface area (Å²) in [6.45, 7) is 2.41. The van der Waals surface area contributed by atoms with Crippen molar-refractivity contribution in [1.29, 1.82) is 0 Å². The van der Waals surface area contributed by atoms with Crippen LogP contribution in [0.25, 0.3) is 0 Å². The van der Waals surface area contributed by atoms with Crippen molar-refractivity contribution >= 4 is 17.5 Å². The first-order valence-corrected chi connectivity index (χ1v) is 6.43. The van der Waals surface area contributed by atoms with Gasteiger partial charge in [-0.25, -0.2) is 8.78 Å². The van der Waals surface area contributed by atoms with Gasteiger partial charge in [0.05, 0.1) is 6.61 Å². The molecule has 1 rings (SSSR count). The van der Waals surface area contributed by atoms with Gasteiger partial charge in [0, 0.05) is 45.3 Å². The molecule has 0 aliphatic rings. The van der Waals surface area contributed by atoms with Gasteiger partial charge in [-0.05, 0) is 12.1 Å². The lowest BCUT2D eigenvalue weighted by molar-refractivity contribution is -0.130. The van der Waals surface area contributed by atoms with E-state index in [0.717, 1.165) is 12.1 Å². The summed E-state index contributed by atoms with van der Waals surface area (Å²) in [6.07, 6.45) is 0.0578. The normalized spacial score (nSPS) is 10.3. The third-order valence-corrected chi connectivity index (χ3v) is 2.82. The minimum Gasteiger partial charge on any atom is -0.383 e. The largest absolute Gasteiger partial charge is 0.383 e. The van der Waals surface area contributed by atoms with E-state index in [1.165, 1.54) is 25.0 Å². The zero-order chi connectivity index (χ0) is 15.8. The number of carbonyl (C=O) groups excluding carboxylic acids is 2.